The van der Waals surface area contributed by atoms with Crippen molar-refractivity contribution in [3.8, 4) is 0 Å². The number of thiophene rings is 1. The molecule has 0 radical (unpaired) electrons. The van der Waals surface area contributed by atoms with E-state index in [2.05, 4.69) is 23.9 Å². The Hall–Kier alpha value is -1.61. The van der Waals surface area contributed by atoms with Gasteiger partial charge in [-0.1, -0.05) is 0 Å². The third-order valence-electron chi connectivity index (χ3n) is 4.29. The van der Waals surface area contributed by atoms with Crippen molar-refractivity contribution < 1.29 is 15.2 Å². The third-order valence-corrected chi connectivity index (χ3v) is 5.40. The average Bonchev–Trinajstić information content (AvgIpc) is 3.05. The summed E-state index contributed by atoms with van der Waals surface area (Å²) < 4.78 is 7.69. The Morgan fingerprint density at radius 3 is 3.12 bits per heavy atom. The van der Waals surface area contributed by atoms with Gasteiger partial charge in [-0.3, -0.25) is 0 Å². The molecule has 0 amide bonds. The van der Waals surface area contributed by atoms with Crippen LogP contribution < -0.4 is 5.32 Å². The van der Waals surface area contributed by atoms with E-state index in [9.17, 15) is 5.11 Å². The number of aliphatic hydroxyl groups is 1. The van der Waals surface area contributed by atoms with Crippen LogP contribution in [0.3, 0.4) is 0 Å². The van der Waals surface area contributed by atoms with Crippen molar-refractivity contribution in [1.82, 2.24) is 19.6 Å². The van der Waals surface area contributed by atoms with Gasteiger partial charge in [-0.2, -0.15) is 0 Å². The number of rotatable bonds is 4. The fourth-order valence-electron chi connectivity index (χ4n) is 3.13. The van der Waals surface area contributed by atoms with E-state index >= 15 is 0 Å². The predicted octanol–water partition coefficient (Wildman–Crippen LogP) is 0.634. The first kappa shape index (κ1) is 15.9. The van der Waals surface area contributed by atoms with Gasteiger partial charge in [0.25, 0.3) is 0 Å². The van der Waals surface area contributed by atoms with Crippen LogP contribution in [-0.2, 0) is 24.3 Å². The minimum Gasteiger partial charge on any atom is -0.388 e. The molecule has 1 aliphatic rings. The van der Waals surface area contributed by atoms with Gasteiger partial charge in [-0.05, 0) is 26.3 Å². The topological polar surface area (TPSA) is 89.2 Å². The summed E-state index contributed by atoms with van der Waals surface area (Å²) in [4.78, 5) is 11.5. The summed E-state index contributed by atoms with van der Waals surface area (Å²) in [5.41, 5.74) is 2.01. The van der Waals surface area contributed by atoms with Gasteiger partial charge in [0.1, 0.15) is 24.2 Å². The summed E-state index contributed by atoms with van der Waals surface area (Å²) in [6.07, 6.45) is 2.26. The molecule has 4 heterocycles. The third kappa shape index (κ3) is 2.79. The maximum atomic E-state index is 9.37. The molecule has 4 rings (SSSR count). The molecule has 1 atom stereocenters. The van der Waals surface area contributed by atoms with Crippen molar-refractivity contribution in [3.63, 3.8) is 0 Å². The fourth-order valence-corrected chi connectivity index (χ4v) is 4.19. The zero-order chi connectivity index (χ0) is 16.9. The number of hydrogen-bond donors (Lipinski definition) is 2. The Kier molecular flexibility index (Phi) is 3.80. The molecule has 0 saturated carbocycles. The molecule has 0 saturated heterocycles. The molecule has 7 nitrogen and oxygen atoms in total. The zero-order valence-corrected chi connectivity index (χ0v) is 14.9. The van der Waals surface area contributed by atoms with E-state index in [1.807, 2.05) is 5.32 Å². The molecule has 8 heteroatoms. The lowest BCUT2D eigenvalue weighted by atomic mass is 9.94. The summed E-state index contributed by atoms with van der Waals surface area (Å²) in [7, 11) is 0. The van der Waals surface area contributed by atoms with Crippen molar-refractivity contribution in [2.45, 2.75) is 52.0 Å². The van der Waals surface area contributed by atoms with Gasteiger partial charge >= 0.3 is 0 Å². The Labute approximate surface area is 143 Å². The molecular formula is C16H22N5O2S+. The molecule has 3 aromatic rings. The molecular weight excluding hydrogens is 326 g/mol. The highest BCUT2D eigenvalue weighted by Crippen LogP contribution is 2.39. The van der Waals surface area contributed by atoms with E-state index in [1.54, 1.807) is 29.1 Å². The summed E-state index contributed by atoms with van der Waals surface area (Å²) in [6.45, 7) is 7.94. The van der Waals surface area contributed by atoms with E-state index in [-0.39, 0.29) is 11.7 Å². The van der Waals surface area contributed by atoms with Gasteiger partial charge in [0.2, 0.25) is 5.82 Å². The second-order valence-electron chi connectivity index (χ2n) is 7.03. The number of nitrogens with two attached hydrogens (primary N) is 1. The highest BCUT2D eigenvalue weighted by atomic mass is 32.1. The van der Waals surface area contributed by atoms with Crippen LogP contribution in [0.25, 0.3) is 15.9 Å². The standard InChI is InChI=1S/C16H21N5O2S/c1-9(22)5-17-6-12-19-14-13-10-4-16(2,3)23-7-11(10)24-15(13)18-8-21(14)20-12/h8-9,17,22H,4-7H2,1-3H3/p+1/t9-/m0/s1. The molecule has 0 bridgehead atoms. The minimum absolute atomic E-state index is 0.165. The van der Waals surface area contributed by atoms with Gasteiger partial charge in [0.15, 0.2) is 5.65 Å². The Bertz CT molecular complexity index is 899. The van der Waals surface area contributed by atoms with Crippen molar-refractivity contribution in [3.05, 3.63) is 22.6 Å². The normalized spacial score (nSPS) is 18.2. The number of aliphatic hydroxyl groups excluding tert-OH is 1. The van der Waals surface area contributed by atoms with Crippen LogP contribution in [0.2, 0.25) is 0 Å². The van der Waals surface area contributed by atoms with Crippen LogP contribution >= 0.6 is 11.3 Å². The van der Waals surface area contributed by atoms with Crippen molar-refractivity contribution >= 4 is 27.2 Å². The van der Waals surface area contributed by atoms with E-state index < -0.39 is 0 Å². The Morgan fingerprint density at radius 2 is 2.33 bits per heavy atom. The number of aromatic nitrogens is 4. The molecule has 0 unspecified atom stereocenters. The molecule has 0 aromatic carbocycles. The predicted molar refractivity (Wildman–Crippen MR) is 90.9 cm³/mol. The Morgan fingerprint density at radius 1 is 1.50 bits per heavy atom. The second-order valence-corrected chi connectivity index (χ2v) is 8.11. The first-order valence-corrected chi connectivity index (χ1v) is 9.03. The maximum Gasteiger partial charge on any atom is 0.206 e. The van der Waals surface area contributed by atoms with Crippen LogP contribution in [0.15, 0.2) is 6.33 Å². The second kappa shape index (κ2) is 5.73. The molecule has 0 aliphatic carbocycles. The molecule has 0 spiro atoms. The van der Waals surface area contributed by atoms with Gasteiger partial charge in [0.05, 0.1) is 23.7 Å². The lowest BCUT2D eigenvalue weighted by Crippen LogP contribution is -2.84. The van der Waals surface area contributed by atoms with Crippen LogP contribution in [0.5, 0.6) is 0 Å². The smallest absolute Gasteiger partial charge is 0.206 e. The summed E-state index contributed by atoms with van der Waals surface area (Å²) in [5.74, 6) is 0.760. The van der Waals surface area contributed by atoms with Gasteiger partial charge in [-0.25, -0.2) is 14.5 Å². The number of fused-ring (bicyclic) bond motifs is 5. The summed E-state index contributed by atoms with van der Waals surface area (Å²) >= 11 is 1.69. The number of ether oxygens (including phenoxy) is 1. The SMILES string of the molecule is C[C@H](O)C[NH2+]Cc1nc2c3c4c(sc3ncn2n1)COC(C)(C)C4. The van der Waals surface area contributed by atoms with Crippen molar-refractivity contribution in [1.29, 1.82) is 0 Å². The largest absolute Gasteiger partial charge is 0.388 e. The molecule has 0 fully saturated rings. The maximum absolute atomic E-state index is 9.37. The quantitative estimate of drug-likeness (QED) is 0.722. The lowest BCUT2D eigenvalue weighted by Gasteiger charge is -2.30. The Balaban J connectivity index is 1.76. The highest BCUT2D eigenvalue weighted by Gasteiger charge is 2.30. The first-order chi connectivity index (χ1) is 11.4. The molecule has 128 valence electrons. The molecule has 24 heavy (non-hydrogen) atoms. The van der Waals surface area contributed by atoms with Crippen LogP contribution in [0, 0.1) is 0 Å². The van der Waals surface area contributed by atoms with Crippen molar-refractivity contribution in [2.75, 3.05) is 6.54 Å². The van der Waals surface area contributed by atoms with E-state index in [1.165, 1.54) is 10.4 Å². The van der Waals surface area contributed by atoms with Gasteiger partial charge < -0.3 is 15.2 Å². The van der Waals surface area contributed by atoms with Gasteiger partial charge in [-0.15, -0.1) is 16.4 Å². The lowest BCUT2D eigenvalue weighted by molar-refractivity contribution is -0.677. The van der Waals surface area contributed by atoms with E-state index in [0.717, 1.165) is 28.1 Å². The zero-order valence-electron chi connectivity index (χ0n) is 14.1. The molecule has 3 N–H and O–H groups in total. The summed E-state index contributed by atoms with van der Waals surface area (Å²) in [5, 5.41) is 17.0. The average molecular weight is 348 g/mol. The van der Waals surface area contributed by atoms with E-state index in [0.29, 0.717) is 19.7 Å². The fraction of sp³-hybridized carbons (Fsp3) is 0.562. The van der Waals surface area contributed by atoms with Gasteiger partial charge in [0, 0.05) is 11.3 Å². The van der Waals surface area contributed by atoms with Crippen LogP contribution in [0.1, 0.15) is 37.0 Å². The van der Waals surface area contributed by atoms with E-state index in [4.69, 9.17) is 9.72 Å². The van der Waals surface area contributed by atoms with Crippen LogP contribution in [-0.4, -0.2) is 42.9 Å². The van der Waals surface area contributed by atoms with Crippen LogP contribution in [0.4, 0.5) is 0 Å². The number of quaternary nitrogens is 1. The highest BCUT2D eigenvalue weighted by molar-refractivity contribution is 7.19. The summed E-state index contributed by atoms with van der Waals surface area (Å²) in [6, 6.07) is 0. The minimum atomic E-state index is -0.332. The molecule has 3 aromatic heterocycles. The number of hydrogen-bond acceptors (Lipinski definition) is 6. The molecule has 1 aliphatic heterocycles. The first-order valence-electron chi connectivity index (χ1n) is 8.21. The monoisotopic (exact) mass is 348 g/mol. The number of nitrogens with zero attached hydrogens (tertiary/aromatic N) is 4. The van der Waals surface area contributed by atoms with Crippen molar-refractivity contribution in [2.24, 2.45) is 0 Å².